The van der Waals surface area contributed by atoms with Gasteiger partial charge in [-0.3, -0.25) is 4.98 Å². The van der Waals surface area contributed by atoms with Gasteiger partial charge in [0.2, 0.25) is 0 Å². The summed E-state index contributed by atoms with van der Waals surface area (Å²) >= 11 is 1.66. The van der Waals surface area contributed by atoms with Crippen LogP contribution in [0, 0.1) is 20.8 Å². The number of pyridine rings is 1. The van der Waals surface area contributed by atoms with Crippen LogP contribution in [-0.2, 0) is 6.42 Å². The van der Waals surface area contributed by atoms with Crippen LogP contribution >= 0.6 is 11.3 Å². The minimum absolute atomic E-state index is 0.527. The second-order valence-electron chi connectivity index (χ2n) is 5.37. The highest BCUT2D eigenvalue weighted by Gasteiger charge is 2.13. The number of thiazole rings is 1. The summed E-state index contributed by atoms with van der Waals surface area (Å²) in [6.07, 6.45) is 0.0325. The van der Waals surface area contributed by atoms with Crippen LogP contribution < -0.4 is 0 Å². The number of nitrogens with zero attached hydrogens (tertiary/aromatic N) is 2. The Morgan fingerprint density at radius 2 is 1.90 bits per heavy atom. The van der Waals surface area contributed by atoms with Crippen molar-refractivity contribution >= 4 is 22.2 Å². The van der Waals surface area contributed by atoms with Crippen molar-refractivity contribution in [2.75, 3.05) is 0 Å². The zero-order valence-electron chi connectivity index (χ0n) is 12.4. The zero-order valence-corrected chi connectivity index (χ0v) is 13.2. The summed E-state index contributed by atoms with van der Waals surface area (Å²) in [7, 11) is 0. The van der Waals surface area contributed by atoms with Crippen molar-refractivity contribution in [3.05, 3.63) is 57.2 Å². The molecular formula is C17H18N2OS. The number of fused-ring (bicyclic) bond motifs is 1. The second-order valence-corrected chi connectivity index (χ2v) is 6.66. The maximum atomic E-state index is 10.4. The van der Waals surface area contributed by atoms with Crippen LogP contribution in [0.2, 0.25) is 0 Å². The maximum absolute atomic E-state index is 10.4. The maximum Gasteiger partial charge on any atom is 0.0960 e. The molecule has 0 aliphatic carbocycles. The summed E-state index contributed by atoms with van der Waals surface area (Å²) in [5.74, 6) is 0. The molecule has 0 saturated heterocycles. The van der Waals surface area contributed by atoms with Crippen LogP contribution in [0.1, 0.15) is 32.9 Å². The van der Waals surface area contributed by atoms with E-state index in [0.29, 0.717) is 6.42 Å². The molecule has 1 N–H and O–H groups in total. The Morgan fingerprint density at radius 3 is 2.62 bits per heavy atom. The van der Waals surface area contributed by atoms with Gasteiger partial charge in [0.05, 0.1) is 22.3 Å². The van der Waals surface area contributed by atoms with Gasteiger partial charge in [0.25, 0.3) is 0 Å². The molecule has 0 fully saturated rings. The van der Waals surface area contributed by atoms with E-state index in [1.807, 2.05) is 44.2 Å². The van der Waals surface area contributed by atoms with E-state index in [9.17, 15) is 5.11 Å². The Labute approximate surface area is 128 Å². The molecule has 0 aliphatic rings. The van der Waals surface area contributed by atoms with Gasteiger partial charge >= 0.3 is 0 Å². The number of hydrogen-bond donors (Lipinski definition) is 1. The molecule has 2 heterocycles. The van der Waals surface area contributed by atoms with E-state index in [-0.39, 0.29) is 0 Å². The Morgan fingerprint density at radius 1 is 1.10 bits per heavy atom. The number of aliphatic hydroxyl groups excluding tert-OH is 1. The summed E-state index contributed by atoms with van der Waals surface area (Å²) in [6, 6.07) is 9.98. The van der Waals surface area contributed by atoms with Crippen molar-refractivity contribution in [1.29, 1.82) is 0 Å². The Kier molecular flexibility index (Phi) is 3.74. The van der Waals surface area contributed by atoms with Crippen molar-refractivity contribution in [1.82, 2.24) is 9.97 Å². The fourth-order valence-electron chi connectivity index (χ4n) is 2.36. The molecule has 0 aliphatic heterocycles. The normalized spacial score (nSPS) is 12.8. The van der Waals surface area contributed by atoms with Crippen molar-refractivity contribution in [2.45, 2.75) is 33.3 Å². The summed E-state index contributed by atoms with van der Waals surface area (Å²) < 4.78 is 0. The minimum Gasteiger partial charge on any atom is -0.388 e. The highest BCUT2D eigenvalue weighted by molar-refractivity contribution is 7.11. The SMILES string of the molecule is Cc1ccc2cc(C(O)Cc3nc(C)c(C)s3)ccc2n1. The van der Waals surface area contributed by atoms with Crippen LogP contribution in [-0.4, -0.2) is 15.1 Å². The first-order chi connectivity index (χ1) is 10.0. The Balaban J connectivity index is 1.87. The first-order valence-electron chi connectivity index (χ1n) is 7.01. The zero-order chi connectivity index (χ0) is 15.0. The molecular weight excluding hydrogens is 280 g/mol. The third-order valence-electron chi connectivity index (χ3n) is 3.68. The number of aromatic nitrogens is 2. The lowest BCUT2D eigenvalue weighted by Crippen LogP contribution is -2.01. The van der Waals surface area contributed by atoms with Crippen LogP contribution in [0.15, 0.2) is 30.3 Å². The van der Waals surface area contributed by atoms with Gasteiger partial charge in [-0.1, -0.05) is 12.1 Å². The topological polar surface area (TPSA) is 46.0 Å². The van der Waals surface area contributed by atoms with Gasteiger partial charge in [0, 0.05) is 22.4 Å². The molecule has 108 valence electrons. The number of aliphatic hydroxyl groups is 1. The lowest BCUT2D eigenvalue weighted by molar-refractivity contribution is 0.178. The van der Waals surface area contributed by atoms with Gasteiger partial charge in [-0.15, -0.1) is 11.3 Å². The lowest BCUT2D eigenvalue weighted by atomic mass is 10.0. The molecule has 0 saturated carbocycles. The molecule has 0 amide bonds. The first-order valence-corrected chi connectivity index (χ1v) is 7.83. The molecule has 1 unspecified atom stereocenters. The van der Waals surface area contributed by atoms with Gasteiger partial charge in [-0.05, 0) is 44.5 Å². The van der Waals surface area contributed by atoms with Crippen LogP contribution in [0.5, 0.6) is 0 Å². The lowest BCUT2D eigenvalue weighted by Gasteiger charge is -2.10. The predicted octanol–water partition coefficient (Wildman–Crippen LogP) is 3.89. The molecule has 3 nitrogen and oxygen atoms in total. The minimum atomic E-state index is -0.527. The van der Waals surface area contributed by atoms with E-state index in [1.165, 1.54) is 4.88 Å². The third-order valence-corrected chi connectivity index (χ3v) is 4.77. The van der Waals surface area contributed by atoms with Crippen molar-refractivity contribution in [3.8, 4) is 0 Å². The summed E-state index contributed by atoms with van der Waals surface area (Å²) in [4.78, 5) is 10.2. The van der Waals surface area contributed by atoms with Crippen LogP contribution in [0.4, 0.5) is 0 Å². The van der Waals surface area contributed by atoms with E-state index < -0.39 is 6.10 Å². The molecule has 3 aromatic rings. The molecule has 3 rings (SSSR count). The van der Waals surface area contributed by atoms with Crippen molar-refractivity contribution in [3.63, 3.8) is 0 Å². The Bertz CT molecular complexity index is 775. The van der Waals surface area contributed by atoms with Crippen LogP contribution in [0.3, 0.4) is 0 Å². The second kappa shape index (κ2) is 5.54. The predicted molar refractivity (Wildman–Crippen MR) is 86.7 cm³/mol. The van der Waals surface area contributed by atoms with Crippen molar-refractivity contribution in [2.24, 2.45) is 0 Å². The molecule has 0 bridgehead atoms. The monoisotopic (exact) mass is 298 g/mol. The standard InChI is InChI=1S/C17H18N2OS/c1-10-4-5-13-8-14(6-7-15(13)18-10)16(20)9-17-19-11(2)12(3)21-17/h4-8,16,20H,9H2,1-3H3. The molecule has 1 aromatic carbocycles. The van der Waals surface area contributed by atoms with E-state index in [1.54, 1.807) is 11.3 Å². The van der Waals surface area contributed by atoms with E-state index >= 15 is 0 Å². The molecule has 0 radical (unpaired) electrons. The molecule has 4 heteroatoms. The van der Waals surface area contributed by atoms with Gasteiger partial charge in [-0.2, -0.15) is 0 Å². The summed E-state index contributed by atoms with van der Waals surface area (Å²) in [6.45, 7) is 6.05. The largest absolute Gasteiger partial charge is 0.388 e. The van der Waals surface area contributed by atoms with E-state index in [4.69, 9.17) is 0 Å². The van der Waals surface area contributed by atoms with Gasteiger partial charge < -0.3 is 5.11 Å². The molecule has 1 atom stereocenters. The fourth-order valence-corrected chi connectivity index (χ4v) is 3.33. The molecule has 0 spiro atoms. The third kappa shape index (κ3) is 2.96. The average molecular weight is 298 g/mol. The molecule has 21 heavy (non-hydrogen) atoms. The number of hydrogen-bond acceptors (Lipinski definition) is 4. The van der Waals surface area contributed by atoms with Crippen molar-refractivity contribution < 1.29 is 5.11 Å². The highest BCUT2D eigenvalue weighted by atomic mass is 32.1. The first kappa shape index (κ1) is 14.2. The van der Waals surface area contributed by atoms with E-state index in [2.05, 4.69) is 16.9 Å². The fraction of sp³-hybridized carbons (Fsp3) is 0.294. The summed E-state index contributed by atoms with van der Waals surface area (Å²) in [5, 5.41) is 12.5. The highest BCUT2D eigenvalue weighted by Crippen LogP contribution is 2.25. The number of benzene rings is 1. The quantitative estimate of drug-likeness (QED) is 0.798. The number of rotatable bonds is 3. The smallest absolute Gasteiger partial charge is 0.0960 e. The summed E-state index contributed by atoms with van der Waals surface area (Å²) in [5.41, 5.74) is 3.94. The van der Waals surface area contributed by atoms with Gasteiger partial charge in [0.15, 0.2) is 0 Å². The Hall–Kier alpha value is -1.78. The van der Waals surface area contributed by atoms with Crippen LogP contribution in [0.25, 0.3) is 10.9 Å². The van der Waals surface area contributed by atoms with Gasteiger partial charge in [-0.25, -0.2) is 4.98 Å². The van der Waals surface area contributed by atoms with Gasteiger partial charge in [0.1, 0.15) is 0 Å². The average Bonchev–Trinajstić information content (AvgIpc) is 2.76. The number of aryl methyl sites for hydroxylation is 3. The molecule has 2 aromatic heterocycles. The van der Waals surface area contributed by atoms with E-state index in [0.717, 1.165) is 32.9 Å².